The normalized spacial score (nSPS) is 16.7. The molecule has 0 bridgehead atoms. The molecule has 1 fully saturated rings. The molecule has 0 radical (unpaired) electrons. The molecular weight excluding hydrogens is 273 g/mol. The second-order valence-electron chi connectivity index (χ2n) is 6.30. The highest BCUT2D eigenvalue weighted by Crippen LogP contribution is 2.17. The Bertz CT molecular complexity index is 477. The van der Waals surface area contributed by atoms with E-state index in [9.17, 15) is 9.18 Å². The van der Waals surface area contributed by atoms with Crippen molar-refractivity contribution in [2.45, 2.75) is 45.3 Å². The van der Waals surface area contributed by atoms with Crippen LogP contribution in [-0.4, -0.2) is 40.6 Å². The van der Waals surface area contributed by atoms with Gasteiger partial charge in [-0.25, -0.2) is 14.2 Å². The Kier molecular flexibility index (Phi) is 4.65. The Hall–Kier alpha value is -1.85. The third-order valence-electron chi connectivity index (χ3n) is 3.20. The summed E-state index contributed by atoms with van der Waals surface area (Å²) in [6, 6.07) is 2.81. The van der Waals surface area contributed by atoms with E-state index in [0.29, 0.717) is 19.0 Å². The van der Waals surface area contributed by atoms with Crippen LogP contribution in [-0.2, 0) is 0 Å². The minimum absolute atomic E-state index is 0.0154. The Morgan fingerprint density at radius 1 is 1.38 bits per heavy atom. The van der Waals surface area contributed by atoms with Gasteiger partial charge in [0.15, 0.2) is 0 Å². The molecule has 0 saturated carbocycles. The van der Waals surface area contributed by atoms with Gasteiger partial charge in [-0.2, -0.15) is 0 Å². The lowest BCUT2D eigenvalue weighted by Crippen LogP contribution is -2.51. The van der Waals surface area contributed by atoms with E-state index in [1.807, 2.05) is 20.8 Å². The van der Waals surface area contributed by atoms with Gasteiger partial charge in [-0.15, -0.1) is 0 Å². The molecule has 5 nitrogen and oxygen atoms in total. The van der Waals surface area contributed by atoms with Crippen molar-refractivity contribution < 1.29 is 13.9 Å². The van der Waals surface area contributed by atoms with Crippen molar-refractivity contribution in [2.75, 3.05) is 13.1 Å². The molecule has 1 aliphatic heterocycles. The maximum atomic E-state index is 12.8. The van der Waals surface area contributed by atoms with E-state index in [2.05, 4.69) is 10.3 Å². The summed E-state index contributed by atoms with van der Waals surface area (Å²) in [5, 5.41) is 2.95. The van der Waals surface area contributed by atoms with Crippen LogP contribution in [0.5, 0.6) is 5.88 Å². The molecule has 0 atom stereocenters. The minimum atomic E-state index is -0.379. The van der Waals surface area contributed by atoms with Gasteiger partial charge in [0.25, 0.3) is 0 Å². The van der Waals surface area contributed by atoms with Crippen molar-refractivity contribution in [3.63, 3.8) is 0 Å². The van der Waals surface area contributed by atoms with Crippen LogP contribution in [0.25, 0.3) is 0 Å². The van der Waals surface area contributed by atoms with E-state index < -0.39 is 0 Å². The van der Waals surface area contributed by atoms with Gasteiger partial charge in [0.05, 0.1) is 6.20 Å². The van der Waals surface area contributed by atoms with Gasteiger partial charge in [-0.3, -0.25) is 0 Å². The van der Waals surface area contributed by atoms with Crippen molar-refractivity contribution in [2.24, 2.45) is 0 Å². The SMILES string of the molecule is CC(C)(C)NC(=O)N1CCC(Oc2ccc(F)cn2)CC1. The summed E-state index contributed by atoms with van der Waals surface area (Å²) in [4.78, 5) is 17.7. The lowest BCUT2D eigenvalue weighted by molar-refractivity contribution is 0.105. The Morgan fingerprint density at radius 2 is 2.05 bits per heavy atom. The number of hydrogen-bond donors (Lipinski definition) is 1. The summed E-state index contributed by atoms with van der Waals surface area (Å²) in [5.74, 6) is 0.0463. The number of likely N-dealkylation sites (tertiary alicyclic amines) is 1. The van der Waals surface area contributed by atoms with Gasteiger partial charge in [0.1, 0.15) is 11.9 Å². The molecule has 1 N–H and O–H groups in total. The van der Waals surface area contributed by atoms with Crippen LogP contribution in [0, 0.1) is 5.82 Å². The highest BCUT2D eigenvalue weighted by Gasteiger charge is 2.26. The third-order valence-corrected chi connectivity index (χ3v) is 3.20. The lowest BCUT2D eigenvalue weighted by Gasteiger charge is -2.34. The largest absolute Gasteiger partial charge is 0.474 e. The first-order chi connectivity index (χ1) is 9.83. The number of pyridine rings is 1. The Labute approximate surface area is 124 Å². The standard InChI is InChI=1S/C15H22FN3O2/c1-15(2,3)18-14(20)19-8-6-12(7-9-19)21-13-5-4-11(16)10-17-13/h4-5,10,12H,6-9H2,1-3H3,(H,18,20). The summed E-state index contributed by atoms with van der Waals surface area (Å²) in [6.45, 7) is 7.17. The number of carbonyl (C=O) groups excluding carboxylic acids is 1. The third kappa shape index (κ3) is 4.88. The second kappa shape index (κ2) is 6.28. The highest BCUT2D eigenvalue weighted by atomic mass is 19.1. The van der Waals surface area contributed by atoms with Crippen molar-refractivity contribution in [3.05, 3.63) is 24.1 Å². The fourth-order valence-corrected chi connectivity index (χ4v) is 2.18. The molecule has 0 unspecified atom stereocenters. The first-order valence-corrected chi connectivity index (χ1v) is 7.19. The molecule has 0 aromatic carbocycles. The monoisotopic (exact) mass is 295 g/mol. The summed E-state index contributed by atoms with van der Waals surface area (Å²) in [6.07, 6.45) is 2.65. The molecular formula is C15H22FN3O2. The molecule has 6 heteroatoms. The minimum Gasteiger partial charge on any atom is -0.474 e. The van der Waals surface area contributed by atoms with Crippen LogP contribution < -0.4 is 10.1 Å². The second-order valence-corrected chi connectivity index (χ2v) is 6.30. The smallest absolute Gasteiger partial charge is 0.317 e. The molecule has 2 heterocycles. The first-order valence-electron chi connectivity index (χ1n) is 7.19. The topological polar surface area (TPSA) is 54.5 Å². The number of aromatic nitrogens is 1. The molecule has 2 rings (SSSR count). The van der Waals surface area contributed by atoms with E-state index in [1.165, 1.54) is 12.1 Å². The number of urea groups is 1. The quantitative estimate of drug-likeness (QED) is 0.912. The van der Waals surface area contributed by atoms with Crippen molar-refractivity contribution in [1.82, 2.24) is 15.2 Å². The number of nitrogens with one attached hydrogen (secondary N) is 1. The molecule has 21 heavy (non-hydrogen) atoms. The molecule has 116 valence electrons. The average Bonchev–Trinajstić information content (AvgIpc) is 2.40. The van der Waals surface area contributed by atoms with Gasteiger partial charge in [0, 0.05) is 37.5 Å². The number of piperidine rings is 1. The Morgan fingerprint density at radius 3 is 2.57 bits per heavy atom. The molecule has 1 saturated heterocycles. The molecule has 0 aliphatic carbocycles. The fraction of sp³-hybridized carbons (Fsp3) is 0.600. The van der Waals surface area contributed by atoms with Gasteiger partial charge in [-0.05, 0) is 26.8 Å². The van der Waals surface area contributed by atoms with Crippen LogP contribution in [0.4, 0.5) is 9.18 Å². The molecule has 1 aromatic rings. The molecule has 1 aromatic heterocycles. The van der Waals surface area contributed by atoms with E-state index >= 15 is 0 Å². The van der Waals surface area contributed by atoms with E-state index in [4.69, 9.17) is 4.74 Å². The zero-order chi connectivity index (χ0) is 15.5. The summed E-state index contributed by atoms with van der Waals surface area (Å²) >= 11 is 0. The van der Waals surface area contributed by atoms with Gasteiger partial charge >= 0.3 is 6.03 Å². The maximum Gasteiger partial charge on any atom is 0.317 e. The van der Waals surface area contributed by atoms with E-state index in [1.54, 1.807) is 4.90 Å². The zero-order valence-electron chi connectivity index (χ0n) is 12.7. The zero-order valence-corrected chi connectivity index (χ0v) is 12.7. The van der Waals surface area contributed by atoms with Crippen molar-refractivity contribution in [3.8, 4) is 5.88 Å². The summed E-state index contributed by atoms with van der Waals surface area (Å²) in [7, 11) is 0. The molecule has 2 amide bonds. The molecule has 1 aliphatic rings. The molecule has 0 spiro atoms. The highest BCUT2D eigenvalue weighted by molar-refractivity contribution is 5.75. The van der Waals surface area contributed by atoms with Crippen molar-refractivity contribution in [1.29, 1.82) is 0 Å². The average molecular weight is 295 g/mol. The number of ether oxygens (including phenoxy) is 1. The van der Waals surface area contributed by atoms with Gasteiger partial charge in [0.2, 0.25) is 5.88 Å². The first kappa shape index (κ1) is 15.5. The predicted molar refractivity (Wildman–Crippen MR) is 77.7 cm³/mol. The maximum absolute atomic E-state index is 12.8. The van der Waals surface area contributed by atoms with Crippen LogP contribution in [0.2, 0.25) is 0 Å². The van der Waals surface area contributed by atoms with E-state index in [0.717, 1.165) is 19.0 Å². The number of rotatable bonds is 2. The van der Waals surface area contributed by atoms with E-state index in [-0.39, 0.29) is 23.5 Å². The van der Waals surface area contributed by atoms with Crippen molar-refractivity contribution >= 4 is 6.03 Å². The predicted octanol–water partition coefficient (Wildman–Crippen LogP) is 2.57. The number of carbonyl (C=O) groups is 1. The lowest BCUT2D eigenvalue weighted by atomic mass is 10.1. The number of halogens is 1. The van der Waals surface area contributed by atoms with Crippen LogP contribution >= 0.6 is 0 Å². The number of nitrogens with zero attached hydrogens (tertiary/aromatic N) is 2. The van der Waals surface area contributed by atoms with Gasteiger partial charge in [-0.1, -0.05) is 0 Å². The van der Waals surface area contributed by atoms with Gasteiger partial charge < -0.3 is 15.0 Å². The fourth-order valence-electron chi connectivity index (χ4n) is 2.18. The van der Waals surface area contributed by atoms with Crippen LogP contribution in [0.1, 0.15) is 33.6 Å². The Balaban J connectivity index is 1.80. The summed E-state index contributed by atoms with van der Waals surface area (Å²) < 4.78 is 18.5. The number of hydrogen-bond acceptors (Lipinski definition) is 3. The van der Waals surface area contributed by atoms with Crippen LogP contribution in [0.3, 0.4) is 0 Å². The van der Waals surface area contributed by atoms with Crippen LogP contribution in [0.15, 0.2) is 18.3 Å². The summed E-state index contributed by atoms with van der Waals surface area (Å²) in [5.41, 5.74) is -0.234. The number of amides is 2.